The van der Waals surface area contributed by atoms with E-state index in [2.05, 4.69) is 0 Å². The molecule has 5 nitrogen and oxygen atoms in total. The molecule has 1 saturated heterocycles. The summed E-state index contributed by atoms with van der Waals surface area (Å²) in [6.45, 7) is 0.0158. The molecule has 0 saturated carbocycles. The number of benzene rings is 1. The van der Waals surface area contributed by atoms with Gasteiger partial charge < -0.3 is 4.74 Å². The Labute approximate surface area is 144 Å². The Morgan fingerprint density at radius 1 is 1.28 bits per heavy atom. The molecule has 2 aromatic rings. The Bertz CT molecular complexity index is 854. The number of aromatic amines is 1. The van der Waals surface area contributed by atoms with E-state index in [4.69, 9.17) is 4.74 Å². The molecule has 25 heavy (non-hydrogen) atoms. The van der Waals surface area contributed by atoms with E-state index < -0.39 is 34.3 Å². The summed E-state index contributed by atoms with van der Waals surface area (Å²) in [6, 6.07) is 9.15. The van der Waals surface area contributed by atoms with Crippen LogP contribution < -0.4 is 11.2 Å². The highest BCUT2D eigenvalue weighted by Gasteiger charge is 2.54. The average molecular weight is 372 g/mol. The van der Waals surface area contributed by atoms with Gasteiger partial charge in [-0.25, -0.2) is 13.6 Å². The average Bonchev–Trinajstić information content (AvgIpc) is 2.87. The van der Waals surface area contributed by atoms with Crippen molar-refractivity contribution in [3.05, 3.63) is 68.7 Å². The van der Waals surface area contributed by atoms with Crippen LogP contribution in [0, 0.1) is 11.7 Å². The van der Waals surface area contributed by atoms with Crippen molar-refractivity contribution in [1.82, 2.24) is 9.55 Å². The van der Waals surface area contributed by atoms with Crippen molar-refractivity contribution in [1.29, 1.82) is 0 Å². The first-order valence-corrected chi connectivity index (χ1v) is 8.56. The molecular weight excluding hydrogens is 357 g/mol. The summed E-state index contributed by atoms with van der Waals surface area (Å²) in [5.41, 5.74) is -1.42. The Hall–Kier alpha value is -2.00. The van der Waals surface area contributed by atoms with Gasteiger partial charge in [-0.1, -0.05) is 30.3 Å². The minimum Gasteiger partial charge on any atom is -0.376 e. The predicted molar refractivity (Wildman–Crippen MR) is 87.3 cm³/mol. The van der Waals surface area contributed by atoms with Crippen LogP contribution in [0.25, 0.3) is 0 Å². The summed E-state index contributed by atoms with van der Waals surface area (Å²) in [7, 11) is 0. The quantitative estimate of drug-likeness (QED) is 0.875. The molecule has 1 fully saturated rings. The van der Waals surface area contributed by atoms with E-state index in [-0.39, 0.29) is 19.0 Å². The van der Waals surface area contributed by atoms with Gasteiger partial charge in [0.25, 0.3) is 11.5 Å². The number of thioether (sulfide) groups is 1. The number of H-pyrrole nitrogens is 1. The van der Waals surface area contributed by atoms with Crippen molar-refractivity contribution in [3.8, 4) is 0 Å². The number of rotatable bonds is 5. The first-order valence-electron chi connectivity index (χ1n) is 7.51. The van der Waals surface area contributed by atoms with E-state index in [1.54, 1.807) is 4.98 Å². The fraction of sp³-hybridized carbons (Fsp3) is 0.375. The van der Waals surface area contributed by atoms with Crippen LogP contribution in [-0.2, 0) is 11.3 Å². The lowest BCUT2D eigenvalue weighted by molar-refractivity contribution is -0.0874. The van der Waals surface area contributed by atoms with Crippen LogP contribution in [0.15, 0.2) is 46.1 Å². The molecule has 0 aliphatic carbocycles. The van der Waals surface area contributed by atoms with Gasteiger partial charge >= 0.3 is 5.69 Å². The summed E-state index contributed by atoms with van der Waals surface area (Å²) in [5, 5.41) is -1.59. The van der Waals surface area contributed by atoms with Crippen LogP contribution in [0.3, 0.4) is 0 Å². The van der Waals surface area contributed by atoms with Crippen molar-refractivity contribution < 1.29 is 17.9 Å². The van der Waals surface area contributed by atoms with Gasteiger partial charge in [0.2, 0.25) is 5.82 Å². The van der Waals surface area contributed by atoms with Gasteiger partial charge in [0.05, 0.1) is 25.3 Å². The van der Waals surface area contributed by atoms with Crippen LogP contribution in [-0.4, -0.2) is 27.8 Å². The number of hydrogen-bond acceptors (Lipinski definition) is 4. The topological polar surface area (TPSA) is 64.1 Å². The van der Waals surface area contributed by atoms with E-state index in [1.165, 1.54) is 0 Å². The molecule has 0 unspecified atom stereocenters. The van der Waals surface area contributed by atoms with Gasteiger partial charge in [-0.05, 0) is 5.56 Å². The predicted octanol–water partition coefficient (Wildman–Crippen LogP) is 2.39. The molecule has 0 radical (unpaired) electrons. The standard InChI is InChI=1S/C16H15F3N2O3S/c17-12-6-21(15(23)20-13(12)22)14-16(18,19)11(9-25-14)8-24-7-10-4-2-1-3-5-10/h1-6,11,14H,7-9H2,(H,20,22,23)/t11-,14-/m0/s1. The van der Waals surface area contributed by atoms with Crippen molar-refractivity contribution in [3.63, 3.8) is 0 Å². The number of hydrogen-bond donors (Lipinski definition) is 1. The van der Waals surface area contributed by atoms with E-state index in [0.717, 1.165) is 17.3 Å². The molecule has 0 amide bonds. The number of aromatic nitrogens is 2. The fourth-order valence-electron chi connectivity index (χ4n) is 2.58. The molecular formula is C16H15F3N2O3S. The number of ether oxygens (including phenoxy) is 1. The second-order valence-electron chi connectivity index (χ2n) is 5.70. The highest BCUT2D eigenvalue weighted by atomic mass is 32.2. The van der Waals surface area contributed by atoms with E-state index in [1.807, 2.05) is 30.3 Å². The van der Waals surface area contributed by atoms with E-state index in [9.17, 15) is 22.8 Å². The molecule has 9 heteroatoms. The Balaban J connectivity index is 1.70. The summed E-state index contributed by atoms with van der Waals surface area (Å²) in [4.78, 5) is 24.5. The third kappa shape index (κ3) is 3.67. The number of nitrogens with zero attached hydrogens (tertiary/aromatic N) is 1. The SMILES string of the molecule is O=c1[nH]c(=O)n([C@H]2SC[C@H](COCc3ccccc3)C2(F)F)cc1F. The highest BCUT2D eigenvalue weighted by molar-refractivity contribution is 7.99. The monoisotopic (exact) mass is 372 g/mol. The number of halogens is 3. The molecule has 3 rings (SSSR count). The lowest BCUT2D eigenvalue weighted by Gasteiger charge is -2.24. The summed E-state index contributed by atoms with van der Waals surface area (Å²) in [5.74, 6) is -5.62. The maximum absolute atomic E-state index is 14.6. The lowest BCUT2D eigenvalue weighted by atomic mass is 10.0. The third-order valence-corrected chi connectivity index (χ3v) is 5.39. The first-order chi connectivity index (χ1) is 11.9. The molecule has 2 heterocycles. The minimum absolute atomic E-state index is 0.0552. The minimum atomic E-state index is -3.28. The molecule has 134 valence electrons. The summed E-state index contributed by atoms with van der Waals surface area (Å²) in [6.07, 6.45) is 0.528. The van der Waals surface area contributed by atoms with Gasteiger partial charge in [-0.15, -0.1) is 11.8 Å². The van der Waals surface area contributed by atoms with Gasteiger partial charge in [0, 0.05) is 5.75 Å². The second kappa shape index (κ2) is 7.09. The Kier molecular flexibility index (Phi) is 5.05. The zero-order valence-electron chi connectivity index (χ0n) is 13.0. The van der Waals surface area contributed by atoms with Crippen molar-refractivity contribution >= 4 is 11.8 Å². The first kappa shape index (κ1) is 17.8. The fourth-order valence-corrected chi connectivity index (χ4v) is 4.05. The zero-order chi connectivity index (χ0) is 18.0. The number of alkyl halides is 2. The van der Waals surface area contributed by atoms with Gasteiger partial charge in [-0.3, -0.25) is 14.3 Å². The third-order valence-electron chi connectivity index (χ3n) is 3.94. The van der Waals surface area contributed by atoms with E-state index in [0.29, 0.717) is 10.8 Å². The van der Waals surface area contributed by atoms with Crippen LogP contribution in [0.1, 0.15) is 10.9 Å². The van der Waals surface area contributed by atoms with Crippen LogP contribution in [0.2, 0.25) is 0 Å². The summed E-state index contributed by atoms with van der Waals surface area (Å²) >= 11 is 0.830. The largest absolute Gasteiger partial charge is 0.376 e. The Morgan fingerprint density at radius 2 is 2.00 bits per heavy atom. The van der Waals surface area contributed by atoms with Crippen LogP contribution in [0.5, 0.6) is 0 Å². The molecule has 1 aromatic heterocycles. The maximum Gasteiger partial charge on any atom is 0.329 e. The van der Waals surface area contributed by atoms with Crippen molar-refractivity contribution in [2.75, 3.05) is 12.4 Å². The van der Waals surface area contributed by atoms with Crippen molar-refractivity contribution in [2.45, 2.75) is 17.9 Å². The highest BCUT2D eigenvalue weighted by Crippen LogP contribution is 2.50. The number of nitrogens with one attached hydrogen (secondary N) is 1. The van der Waals surface area contributed by atoms with Crippen molar-refractivity contribution in [2.24, 2.45) is 5.92 Å². The van der Waals surface area contributed by atoms with Crippen LogP contribution >= 0.6 is 11.8 Å². The Morgan fingerprint density at radius 3 is 2.72 bits per heavy atom. The molecule has 1 aliphatic rings. The molecule has 0 bridgehead atoms. The molecule has 1 aromatic carbocycles. The normalized spacial score (nSPS) is 22.2. The van der Waals surface area contributed by atoms with Gasteiger partial charge in [-0.2, -0.15) is 4.39 Å². The van der Waals surface area contributed by atoms with Gasteiger partial charge in [0.1, 0.15) is 5.37 Å². The second-order valence-corrected chi connectivity index (χ2v) is 6.81. The molecule has 2 atom stereocenters. The van der Waals surface area contributed by atoms with E-state index >= 15 is 0 Å². The van der Waals surface area contributed by atoms with Gasteiger partial charge in [0.15, 0.2) is 0 Å². The van der Waals surface area contributed by atoms with Crippen LogP contribution in [0.4, 0.5) is 13.2 Å². The lowest BCUT2D eigenvalue weighted by Crippen LogP contribution is -2.40. The molecule has 1 N–H and O–H groups in total. The maximum atomic E-state index is 14.6. The summed E-state index contributed by atoms with van der Waals surface area (Å²) < 4.78 is 48.5. The zero-order valence-corrected chi connectivity index (χ0v) is 13.8. The smallest absolute Gasteiger partial charge is 0.329 e. The molecule has 1 aliphatic heterocycles. The molecule has 0 spiro atoms.